The number of anilines is 1. The van der Waals surface area contributed by atoms with Crippen molar-refractivity contribution in [1.29, 1.82) is 0 Å². The summed E-state index contributed by atoms with van der Waals surface area (Å²) in [5, 5.41) is 2.95. The number of carbonyl (C=O) groups is 1. The summed E-state index contributed by atoms with van der Waals surface area (Å²) < 4.78 is 0. The third kappa shape index (κ3) is 5.63. The van der Waals surface area contributed by atoms with Gasteiger partial charge in [0, 0.05) is 17.5 Å². The average Bonchev–Trinajstić information content (AvgIpc) is 2.31. The summed E-state index contributed by atoms with van der Waals surface area (Å²) in [4.78, 5) is 11.5. The van der Waals surface area contributed by atoms with E-state index >= 15 is 0 Å². The molecule has 0 aliphatic carbocycles. The summed E-state index contributed by atoms with van der Waals surface area (Å²) in [7, 11) is 0. The third-order valence-corrected chi connectivity index (χ3v) is 3.51. The van der Waals surface area contributed by atoms with Gasteiger partial charge in [0.1, 0.15) is 0 Å². The van der Waals surface area contributed by atoms with E-state index in [1.807, 2.05) is 31.2 Å². The highest BCUT2D eigenvalue weighted by atomic mass is 32.2. The Bertz CT molecular complexity index is 351. The second-order valence-electron chi connectivity index (χ2n) is 4.11. The molecule has 1 aromatic rings. The van der Waals surface area contributed by atoms with Crippen molar-refractivity contribution in [3.05, 3.63) is 29.8 Å². The fourth-order valence-electron chi connectivity index (χ4n) is 1.29. The van der Waals surface area contributed by atoms with Gasteiger partial charge in [0.25, 0.3) is 0 Å². The van der Waals surface area contributed by atoms with Crippen LogP contribution >= 0.6 is 11.8 Å². The van der Waals surface area contributed by atoms with Crippen molar-refractivity contribution in [3.8, 4) is 0 Å². The van der Waals surface area contributed by atoms with Gasteiger partial charge < -0.3 is 11.1 Å². The largest absolute Gasteiger partial charge is 0.399 e. The second-order valence-corrected chi connectivity index (χ2v) is 5.10. The van der Waals surface area contributed by atoms with E-state index < -0.39 is 0 Å². The standard InChI is InChI=1S/C13H20N2OS/c1-3-10(2)15-13(16)9-17-8-11-4-6-12(14)7-5-11/h4-7,10H,3,8-9,14H2,1-2H3,(H,15,16). The first-order chi connectivity index (χ1) is 8.11. The van der Waals surface area contributed by atoms with Crippen LogP contribution < -0.4 is 11.1 Å². The van der Waals surface area contributed by atoms with Crippen LogP contribution in [0, 0.1) is 0 Å². The fourth-order valence-corrected chi connectivity index (χ4v) is 2.09. The van der Waals surface area contributed by atoms with Gasteiger partial charge >= 0.3 is 0 Å². The Morgan fingerprint density at radius 1 is 1.41 bits per heavy atom. The van der Waals surface area contributed by atoms with E-state index in [1.54, 1.807) is 11.8 Å². The SMILES string of the molecule is CCC(C)NC(=O)CSCc1ccc(N)cc1. The lowest BCUT2D eigenvalue weighted by Gasteiger charge is -2.10. The Morgan fingerprint density at radius 2 is 2.06 bits per heavy atom. The van der Waals surface area contributed by atoms with E-state index in [1.165, 1.54) is 5.56 Å². The molecule has 0 bridgehead atoms. The molecule has 1 amide bonds. The number of thioether (sulfide) groups is 1. The number of benzene rings is 1. The maximum Gasteiger partial charge on any atom is 0.230 e. The van der Waals surface area contributed by atoms with Crippen LogP contribution in [0.2, 0.25) is 0 Å². The normalized spacial score (nSPS) is 12.1. The topological polar surface area (TPSA) is 55.1 Å². The van der Waals surface area contributed by atoms with E-state index in [-0.39, 0.29) is 11.9 Å². The molecule has 0 radical (unpaired) electrons. The number of nitrogen functional groups attached to an aromatic ring is 1. The molecule has 0 fully saturated rings. The molecule has 3 N–H and O–H groups in total. The molecule has 4 heteroatoms. The van der Waals surface area contributed by atoms with Gasteiger partial charge in [-0.15, -0.1) is 11.8 Å². The molecule has 94 valence electrons. The molecule has 1 atom stereocenters. The van der Waals surface area contributed by atoms with Crippen LogP contribution in [0.25, 0.3) is 0 Å². The predicted molar refractivity (Wildman–Crippen MR) is 74.9 cm³/mol. The third-order valence-electron chi connectivity index (χ3n) is 2.50. The Kier molecular flexibility index (Phi) is 5.91. The summed E-state index contributed by atoms with van der Waals surface area (Å²) in [6.07, 6.45) is 0.967. The number of amides is 1. The van der Waals surface area contributed by atoms with Crippen LogP contribution in [0.15, 0.2) is 24.3 Å². The summed E-state index contributed by atoms with van der Waals surface area (Å²) in [6, 6.07) is 8.02. The van der Waals surface area contributed by atoms with E-state index in [0.717, 1.165) is 17.9 Å². The Labute approximate surface area is 107 Å². The summed E-state index contributed by atoms with van der Waals surface area (Å²) >= 11 is 1.62. The maximum atomic E-state index is 11.5. The highest BCUT2D eigenvalue weighted by molar-refractivity contribution is 7.99. The highest BCUT2D eigenvalue weighted by Gasteiger charge is 2.05. The molecule has 0 spiro atoms. The molecule has 0 saturated heterocycles. The first kappa shape index (κ1) is 13.9. The zero-order valence-electron chi connectivity index (χ0n) is 10.4. The molecule has 0 saturated carbocycles. The molecule has 1 unspecified atom stereocenters. The van der Waals surface area contributed by atoms with Gasteiger partial charge in [-0.2, -0.15) is 0 Å². The molecule has 0 aromatic heterocycles. The number of nitrogens with two attached hydrogens (primary N) is 1. The van der Waals surface area contributed by atoms with Crippen LogP contribution in [-0.4, -0.2) is 17.7 Å². The predicted octanol–water partition coefficient (Wildman–Crippen LogP) is 2.42. The second kappa shape index (κ2) is 7.22. The van der Waals surface area contributed by atoms with Gasteiger partial charge in [0.2, 0.25) is 5.91 Å². The van der Waals surface area contributed by atoms with Gasteiger partial charge in [-0.3, -0.25) is 4.79 Å². The Balaban J connectivity index is 2.23. The van der Waals surface area contributed by atoms with E-state index in [4.69, 9.17) is 5.73 Å². The lowest BCUT2D eigenvalue weighted by atomic mass is 10.2. The van der Waals surface area contributed by atoms with Crippen molar-refractivity contribution in [2.45, 2.75) is 32.1 Å². The maximum absolute atomic E-state index is 11.5. The smallest absolute Gasteiger partial charge is 0.230 e. The van der Waals surface area contributed by atoms with Crippen molar-refractivity contribution in [2.24, 2.45) is 0 Å². The van der Waals surface area contributed by atoms with Gasteiger partial charge in [-0.25, -0.2) is 0 Å². The number of nitrogens with one attached hydrogen (secondary N) is 1. The van der Waals surface area contributed by atoms with Crippen molar-refractivity contribution < 1.29 is 4.79 Å². The number of hydrogen-bond donors (Lipinski definition) is 2. The Morgan fingerprint density at radius 3 is 2.65 bits per heavy atom. The minimum absolute atomic E-state index is 0.111. The molecule has 3 nitrogen and oxygen atoms in total. The monoisotopic (exact) mass is 252 g/mol. The van der Waals surface area contributed by atoms with Gasteiger partial charge in [0.15, 0.2) is 0 Å². The molecule has 17 heavy (non-hydrogen) atoms. The summed E-state index contributed by atoms with van der Waals surface area (Å²) in [5.41, 5.74) is 7.57. The minimum atomic E-state index is 0.111. The zero-order chi connectivity index (χ0) is 12.7. The zero-order valence-corrected chi connectivity index (χ0v) is 11.2. The minimum Gasteiger partial charge on any atom is -0.399 e. The lowest BCUT2D eigenvalue weighted by Crippen LogP contribution is -2.33. The van der Waals surface area contributed by atoms with Gasteiger partial charge in [0.05, 0.1) is 5.75 Å². The highest BCUT2D eigenvalue weighted by Crippen LogP contribution is 2.13. The van der Waals surface area contributed by atoms with Gasteiger partial charge in [-0.05, 0) is 31.0 Å². The average molecular weight is 252 g/mol. The van der Waals surface area contributed by atoms with Crippen LogP contribution in [0.3, 0.4) is 0 Å². The van der Waals surface area contributed by atoms with E-state index in [2.05, 4.69) is 12.2 Å². The van der Waals surface area contributed by atoms with Crippen molar-refractivity contribution in [3.63, 3.8) is 0 Å². The lowest BCUT2D eigenvalue weighted by molar-refractivity contribution is -0.119. The summed E-state index contributed by atoms with van der Waals surface area (Å²) in [6.45, 7) is 4.08. The number of rotatable bonds is 6. The van der Waals surface area contributed by atoms with Crippen molar-refractivity contribution in [2.75, 3.05) is 11.5 Å². The van der Waals surface area contributed by atoms with Crippen LogP contribution in [-0.2, 0) is 10.5 Å². The van der Waals surface area contributed by atoms with Crippen molar-refractivity contribution in [1.82, 2.24) is 5.32 Å². The van der Waals surface area contributed by atoms with Crippen LogP contribution in [0.5, 0.6) is 0 Å². The molecule has 0 aliphatic rings. The fraction of sp³-hybridized carbons (Fsp3) is 0.462. The Hall–Kier alpha value is -1.16. The van der Waals surface area contributed by atoms with Crippen molar-refractivity contribution >= 4 is 23.4 Å². The number of carbonyl (C=O) groups excluding carboxylic acids is 1. The first-order valence-corrected chi connectivity index (χ1v) is 6.98. The molecular weight excluding hydrogens is 232 g/mol. The van der Waals surface area contributed by atoms with E-state index in [9.17, 15) is 4.79 Å². The summed E-state index contributed by atoms with van der Waals surface area (Å²) in [5.74, 6) is 1.46. The number of hydrogen-bond acceptors (Lipinski definition) is 3. The molecular formula is C13H20N2OS. The molecule has 0 aliphatic heterocycles. The molecule has 1 aromatic carbocycles. The first-order valence-electron chi connectivity index (χ1n) is 5.83. The van der Waals surface area contributed by atoms with E-state index in [0.29, 0.717) is 5.75 Å². The van der Waals surface area contributed by atoms with Crippen LogP contribution in [0.1, 0.15) is 25.8 Å². The molecule has 1 rings (SSSR count). The quantitative estimate of drug-likeness (QED) is 0.764. The van der Waals surface area contributed by atoms with Gasteiger partial charge in [-0.1, -0.05) is 19.1 Å². The molecule has 0 heterocycles. The van der Waals surface area contributed by atoms with Crippen LogP contribution in [0.4, 0.5) is 5.69 Å².